The van der Waals surface area contributed by atoms with Crippen LogP contribution in [0.25, 0.3) is 0 Å². The molecule has 5 heteroatoms. The Morgan fingerprint density at radius 2 is 2.00 bits per heavy atom. The van der Waals surface area contributed by atoms with E-state index in [1.54, 1.807) is 0 Å². The lowest BCUT2D eigenvalue weighted by Crippen LogP contribution is -2.32. The monoisotopic (exact) mass is 231 g/mol. The Hall–Kier alpha value is -1.10. The maximum absolute atomic E-state index is 10.4. The van der Waals surface area contributed by atoms with Crippen molar-refractivity contribution >= 4 is 11.9 Å². The fourth-order valence-electron chi connectivity index (χ4n) is 1.19. The fraction of sp³-hybridized carbons (Fsp3) is 0.818. The molecule has 0 bridgehead atoms. The van der Waals surface area contributed by atoms with Crippen molar-refractivity contribution in [2.24, 2.45) is 0 Å². The molecule has 1 aliphatic heterocycles. The van der Waals surface area contributed by atoms with E-state index < -0.39 is 12.0 Å². The van der Waals surface area contributed by atoms with E-state index in [0.29, 0.717) is 12.8 Å². The van der Waals surface area contributed by atoms with Crippen LogP contribution in [-0.4, -0.2) is 36.2 Å². The highest BCUT2D eigenvalue weighted by molar-refractivity contribution is 5.87. The Kier molecular flexibility index (Phi) is 8.52. The molecule has 1 atom stereocenters. The second-order valence-electron chi connectivity index (χ2n) is 3.61. The molecule has 0 aromatic heterocycles. The summed E-state index contributed by atoms with van der Waals surface area (Å²) >= 11 is 0. The lowest BCUT2D eigenvalue weighted by atomic mass is 10.2. The molecule has 94 valence electrons. The van der Waals surface area contributed by atoms with Crippen LogP contribution in [0.15, 0.2) is 0 Å². The number of hydrogen-bond donors (Lipinski definition) is 2. The van der Waals surface area contributed by atoms with E-state index >= 15 is 0 Å². The van der Waals surface area contributed by atoms with E-state index in [4.69, 9.17) is 9.84 Å². The number of nitrogens with one attached hydrogen (secondary N) is 1. The van der Waals surface area contributed by atoms with Crippen molar-refractivity contribution in [1.82, 2.24) is 5.32 Å². The molecule has 16 heavy (non-hydrogen) atoms. The quantitative estimate of drug-likeness (QED) is 0.696. The maximum atomic E-state index is 10.4. The average Bonchev–Trinajstić information content (AvgIpc) is 2.67. The number of hydrogen-bond acceptors (Lipinski definition) is 3. The summed E-state index contributed by atoms with van der Waals surface area (Å²) in [4.78, 5) is 20.5. The zero-order chi connectivity index (χ0) is 12.4. The molecule has 5 nitrogen and oxygen atoms in total. The predicted molar refractivity (Wildman–Crippen MR) is 60.2 cm³/mol. The normalized spacial score (nSPS) is 18.6. The van der Waals surface area contributed by atoms with Gasteiger partial charge in [-0.15, -0.1) is 0 Å². The molecule has 1 rings (SSSR count). The van der Waals surface area contributed by atoms with Crippen molar-refractivity contribution in [3.63, 3.8) is 0 Å². The van der Waals surface area contributed by atoms with E-state index in [2.05, 4.69) is 19.2 Å². The minimum Gasteiger partial charge on any atom is -0.480 e. The van der Waals surface area contributed by atoms with Gasteiger partial charge in [0.25, 0.3) is 0 Å². The predicted octanol–water partition coefficient (Wildman–Crippen LogP) is 1.17. The van der Waals surface area contributed by atoms with Crippen molar-refractivity contribution in [3.8, 4) is 0 Å². The van der Waals surface area contributed by atoms with Crippen LogP contribution in [0.1, 0.15) is 39.5 Å². The van der Waals surface area contributed by atoms with Crippen LogP contribution in [0.3, 0.4) is 0 Å². The Morgan fingerprint density at radius 3 is 2.25 bits per heavy atom. The highest BCUT2D eigenvalue weighted by atomic mass is 16.5. The first-order valence-corrected chi connectivity index (χ1v) is 5.71. The van der Waals surface area contributed by atoms with Crippen LogP contribution in [0.4, 0.5) is 0 Å². The van der Waals surface area contributed by atoms with E-state index in [1.165, 1.54) is 0 Å². The minimum atomic E-state index is -0.944. The number of carbonyl (C=O) groups excluding carboxylic acids is 1. The van der Waals surface area contributed by atoms with Crippen LogP contribution in [0, 0.1) is 0 Å². The summed E-state index contributed by atoms with van der Waals surface area (Å²) in [5, 5.41) is 10.6. The topological polar surface area (TPSA) is 75.6 Å². The lowest BCUT2D eigenvalue weighted by molar-refractivity contribution is -0.140. The van der Waals surface area contributed by atoms with Gasteiger partial charge in [0.1, 0.15) is 6.04 Å². The molecule has 2 N–H and O–H groups in total. The largest absolute Gasteiger partial charge is 0.480 e. The third kappa shape index (κ3) is 7.23. The first-order valence-electron chi connectivity index (χ1n) is 5.71. The van der Waals surface area contributed by atoms with Gasteiger partial charge in [-0.1, -0.05) is 13.8 Å². The van der Waals surface area contributed by atoms with Gasteiger partial charge in [-0.3, -0.25) is 4.79 Å². The van der Waals surface area contributed by atoms with Gasteiger partial charge in [-0.25, -0.2) is 4.79 Å². The van der Waals surface area contributed by atoms with Crippen LogP contribution in [0.2, 0.25) is 0 Å². The molecule has 1 fully saturated rings. The average molecular weight is 231 g/mol. The number of ether oxygens (including phenoxy) is 1. The van der Waals surface area contributed by atoms with Gasteiger partial charge >= 0.3 is 5.97 Å². The molecule has 0 saturated carbocycles. The van der Waals surface area contributed by atoms with E-state index in [0.717, 1.165) is 26.1 Å². The van der Waals surface area contributed by atoms with Gasteiger partial charge in [-0.05, 0) is 19.3 Å². The van der Waals surface area contributed by atoms with Crippen molar-refractivity contribution in [2.75, 3.05) is 13.2 Å². The number of aliphatic carboxylic acids is 1. The van der Waals surface area contributed by atoms with Gasteiger partial charge in [0, 0.05) is 19.6 Å². The molecule has 1 aliphatic rings. The van der Waals surface area contributed by atoms with Crippen molar-refractivity contribution in [1.29, 1.82) is 0 Å². The van der Waals surface area contributed by atoms with Gasteiger partial charge in [-0.2, -0.15) is 0 Å². The summed E-state index contributed by atoms with van der Waals surface area (Å²) in [7, 11) is 0. The zero-order valence-electron chi connectivity index (χ0n) is 9.99. The van der Waals surface area contributed by atoms with E-state index in [1.807, 2.05) is 0 Å². The van der Waals surface area contributed by atoms with E-state index in [-0.39, 0.29) is 5.91 Å². The summed E-state index contributed by atoms with van der Waals surface area (Å²) in [6.07, 6.45) is 3.05. The SMILES string of the molecule is CCCOCCC.O=C1CC[C@@H](C(=O)O)N1. The molecular formula is C11H21NO4. The summed E-state index contributed by atoms with van der Waals surface area (Å²) < 4.78 is 5.13. The minimum absolute atomic E-state index is 0.164. The second kappa shape index (κ2) is 9.15. The smallest absolute Gasteiger partial charge is 0.326 e. The Morgan fingerprint density at radius 1 is 1.44 bits per heavy atom. The van der Waals surface area contributed by atoms with Crippen molar-refractivity contribution in [3.05, 3.63) is 0 Å². The van der Waals surface area contributed by atoms with Gasteiger partial charge < -0.3 is 15.2 Å². The Bertz CT molecular complexity index is 214. The van der Waals surface area contributed by atoms with E-state index in [9.17, 15) is 9.59 Å². The molecule has 1 amide bonds. The fourth-order valence-corrected chi connectivity index (χ4v) is 1.19. The number of carboxylic acids is 1. The summed E-state index contributed by atoms with van der Waals surface area (Å²) in [6, 6.07) is -0.641. The van der Waals surface area contributed by atoms with Crippen molar-refractivity contribution in [2.45, 2.75) is 45.6 Å². The molecule has 0 aromatic carbocycles. The van der Waals surface area contributed by atoms with Crippen LogP contribution < -0.4 is 5.32 Å². The molecule has 1 saturated heterocycles. The molecule has 1 heterocycles. The van der Waals surface area contributed by atoms with Crippen LogP contribution in [-0.2, 0) is 14.3 Å². The second-order valence-corrected chi connectivity index (χ2v) is 3.61. The Balaban J connectivity index is 0.000000293. The highest BCUT2D eigenvalue weighted by Gasteiger charge is 2.26. The standard InChI is InChI=1S/C6H14O.C5H7NO3/c1-3-5-7-6-4-2;7-4-2-1-3(6-4)5(8)9/h3-6H2,1-2H3;3H,1-2H2,(H,6,7)(H,8,9)/t;3-/m.0/s1. The third-order valence-corrected chi connectivity index (χ3v) is 1.99. The first-order chi connectivity index (χ1) is 7.61. The summed E-state index contributed by atoms with van der Waals surface area (Å²) in [5.74, 6) is -1.11. The lowest BCUT2D eigenvalue weighted by Gasteiger charge is -1.99. The first kappa shape index (κ1) is 14.9. The number of rotatable bonds is 5. The van der Waals surface area contributed by atoms with Gasteiger partial charge in [0.05, 0.1) is 0 Å². The maximum Gasteiger partial charge on any atom is 0.326 e. The van der Waals surface area contributed by atoms with Crippen LogP contribution in [0.5, 0.6) is 0 Å². The molecule has 0 unspecified atom stereocenters. The van der Waals surface area contributed by atoms with Crippen LogP contribution >= 0.6 is 0 Å². The molecule has 0 spiro atoms. The zero-order valence-corrected chi connectivity index (χ0v) is 9.99. The molecular weight excluding hydrogens is 210 g/mol. The summed E-state index contributed by atoms with van der Waals surface area (Å²) in [5.41, 5.74) is 0. The van der Waals surface area contributed by atoms with Gasteiger partial charge in [0.15, 0.2) is 0 Å². The Labute approximate surface area is 96.2 Å². The third-order valence-electron chi connectivity index (χ3n) is 1.99. The number of amides is 1. The highest BCUT2D eigenvalue weighted by Crippen LogP contribution is 2.05. The molecule has 0 radical (unpaired) electrons. The molecule has 0 aromatic rings. The number of carbonyl (C=O) groups is 2. The number of carboxylic acid groups (broad SMARTS) is 1. The molecule has 0 aliphatic carbocycles. The summed E-state index contributed by atoms with van der Waals surface area (Å²) in [6.45, 7) is 6.09. The van der Waals surface area contributed by atoms with Crippen molar-refractivity contribution < 1.29 is 19.4 Å². The van der Waals surface area contributed by atoms with Gasteiger partial charge in [0.2, 0.25) is 5.91 Å².